The van der Waals surface area contributed by atoms with Crippen molar-refractivity contribution >= 4 is 20.6 Å². The maximum absolute atomic E-state index is 12.9. The van der Waals surface area contributed by atoms with Gasteiger partial charge in [0.15, 0.2) is 0 Å². The van der Waals surface area contributed by atoms with Crippen LogP contribution < -0.4 is 10.3 Å². The number of nitrogens with zero attached hydrogens (tertiary/aromatic N) is 3. The molecular weight excluding hydrogens is 402 g/mol. The van der Waals surface area contributed by atoms with Crippen molar-refractivity contribution in [3.05, 3.63) is 88.5 Å². The van der Waals surface area contributed by atoms with Crippen molar-refractivity contribution in [2.75, 3.05) is 7.11 Å². The highest BCUT2D eigenvalue weighted by atomic mass is 32.2. The zero-order valence-electron chi connectivity index (χ0n) is 16.4. The van der Waals surface area contributed by atoms with E-state index in [0.29, 0.717) is 16.7 Å². The molecule has 0 atom stereocenters. The highest BCUT2D eigenvalue weighted by molar-refractivity contribution is 7.91. The largest absolute Gasteiger partial charge is 0.481 e. The molecule has 0 saturated heterocycles. The lowest BCUT2D eigenvalue weighted by Gasteiger charge is -2.09. The summed E-state index contributed by atoms with van der Waals surface area (Å²) in [5, 5.41) is 5.07. The average molecular weight is 421 g/mol. The summed E-state index contributed by atoms with van der Waals surface area (Å²) in [5.41, 5.74) is 1.47. The van der Waals surface area contributed by atoms with Crippen LogP contribution in [0.15, 0.2) is 81.6 Å². The monoisotopic (exact) mass is 421 g/mol. The summed E-state index contributed by atoms with van der Waals surface area (Å²) in [6, 6.07) is 14.6. The van der Waals surface area contributed by atoms with Crippen molar-refractivity contribution in [1.29, 1.82) is 0 Å². The number of aryl methyl sites for hydroxylation is 1. The molecule has 4 rings (SSSR count). The molecule has 0 radical (unpaired) electrons. The van der Waals surface area contributed by atoms with Crippen LogP contribution in [0.3, 0.4) is 0 Å². The van der Waals surface area contributed by atoms with E-state index >= 15 is 0 Å². The van der Waals surface area contributed by atoms with Crippen LogP contribution in [-0.2, 0) is 16.4 Å². The number of benzene rings is 2. The molecule has 0 amide bonds. The lowest BCUT2D eigenvalue weighted by Crippen LogP contribution is -2.23. The van der Waals surface area contributed by atoms with E-state index in [2.05, 4.69) is 10.1 Å². The fraction of sp³-hybridized carbons (Fsp3) is 0.136. The summed E-state index contributed by atoms with van der Waals surface area (Å²) < 4.78 is 32.2. The van der Waals surface area contributed by atoms with E-state index < -0.39 is 9.84 Å². The first-order valence-corrected chi connectivity index (χ1v) is 10.7. The quantitative estimate of drug-likeness (QED) is 0.492. The van der Waals surface area contributed by atoms with Gasteiger partial charge in [-0.05, 0) is 42.8 Å². The van der Waals surface area contributed by atoms with Crippen LogP contribution in [0.4, 0.5) is 0 Å². The van der Waals surface area contributed by atoms with Crippen molar-refractivity contribution < 1.29 is 13.2 Å². The van der Waals surface area contributed by atoms with E-state index in [1.54, 1.807) is 42.6 Å². The number of pyridine rings is 1. The first-order chi connectivity index (χ1) is 14.4. The van der Waals surface area contributed by atoms with Crippen molar-refractivity contribution in [2.24, 2.45) is 0 Å². The second kappa shape index (κ2) is 7.72. The molecule has 0 bridgehead atoms. The molecule has 2 aromatic carbocycles. The molecule has 0 saturated carbocycles. The Balaban J connectivity index is 1.70. The minimum atomic E-state index is -3.68. The molecule has 7 nitrogen and oxygen atoms in total. The lowest BCUT2D eigenvalue weighted by atomic mass is 10.2. The van der Waals surface area contributed by atoms with Gasteiger partial charge in [0.2, 0.25) is 15.7 Å². The molecule has 0 aliphatic heterocycles. The Morgan fingerprint density at radius 2 is 1.70 bits per heavy atom. The number of hydrogen-bond donors (Lipinski definition) is 0. The molecule has 0 fully saturated rings. The molecule has 0 aliphatic carbocycles. The fourth-order valence-corrected chi connectivity index (χ4v) is 4.39. The summed E-state index contributed by atoms with van der Waals surface area (Å²) >= 11 is 0. The zero-order chi connectivity index (χ0) is 21.3. The molecule has 4 aromatic rings. The first-order valence-electron chi connectivity index (χ1n) is 9.19. The minimum absolute atomic E-state index is 0.122. The number of ether oxygens (including phenoxy) is 1. The number of rotatable bonds is 5. The van der Waals surface area contributed by atoms with Crippen LogP contribution in [0.2, 0.25) is 0 Å². The number of fused-ring (bicyclic) bond motifs is 1. The van der Waals surface area contributed by atoms with Gasteiger partial charge in [-0.3, -0.25) is 4.79 Å². The summed E-state index contributed by atoms with van der Waals surface area (Å²) in [7, 11) is -2.15. The van der Waals surface area contributed by atoms with E-state index in [1.165, 1.54) is 36.2 Å². The fourth-order valence-electron chi connectivity index (χ4n) is 3.10. The van der Waals surface area contributed by atoms with Gasteiger partial charge in [0.1, 0.15) is 0 Å². The molecule has 2 heterocycles. The predicted molar refractivity (Wildman–Crippen MR) is 113 cm³/mol. The highest BCUT2D eigenvalue weighted by Crippen LogP contribution is 2.23. The maximum Gasteiger partial charge on any atom is 0.274 e. The predicted octanol–water partition coefficient (Wildman–Crippen LogP) is 2.99. The summed E-state index contributed by atoms with van der Waals surface area (Å²) in [5.74, 6) is 0.486. The smallest absolute Gasteiger partial charge is 0.274 e. The minimum Gasteiger partial charge on any atom is -0.481 e. The topological polar surface area (TPSA) is 91.2 Å². The van der Waals surface area contributed by atoms with Crippen LogP contribution in [0.25, 0.3) is 10.8 Å². The number of methoxy groups -OCH3 is 1. The number of sulfone groups is 1. The molecule has 0 unspecified atom stereocenters. The van der Waals surface area contributed by atoms with Gasteiger partial charge in [0.05, 0.1) is 35.0 Å². The molecule has 2 aromatic heterocycles. The van der Waals surface area contributed by atoms with Crippen LogP contribution in [0.5, 0.6) is 5.88 Å². The van der Waals surface area contributed by atoms with Gasteiger partial charge in [0.25, 0.3) is 5.56 Å². The molecule has 30 heavy (non-hydrogen) atoms. The Morgan fingerprint density at radius 3 is 2.37 bits per heavy atom. The Labute approximate surface area is 173 Å². The van der Waals surface area contributed by atoms with E-state index in [1.807, 2.05) is 6.92 Å². The lowest BCUT2D eigenvalue weighted by molar-refractivity contribution is 0.397. The van der Waals surface area contributed by atoms with E-state index in [0.717, 1.165) is 11.1 Å². The van der Waals surface area contributed by atoms with Gasteiger partial charge in [-0.2, -0.15) is 5.10 Å². The van der Waals surface area contributed by atoms with Crippen molar-refractivity contribution in [3.63, 3.8) is 0 Å². The third kappa shape index (κ3) is 3.69. The Kier molecular flexibility index (Phi) is 5.09. The maximum atomic E-state index is 12.9. The number of hydrogen-bond acceptors (Lipinski definition) is 6. The summed E-state index contributed by atoms with van der Waals surface area (Å²) in [4.78, 5) is 17.3. The van der Waals surface area contributed by atoms with Crippen LogP contribution >= 0.6 is 0 Å². The van der Waals surface area contributed by atoms with E-state index in [4.69, 9.17) is 4.74 Å². The Morgan fingerprint density at radius 1 is 0.967 bits per heavy atom. The Hall–Kier alpha value is -3.52. The average Bonchev–Trinajstić information content (AvgIpc) is 2.76. The second-order valence-electron chi connectivity index (χ2n) is 6.88. The van der Waals surface area contributed by atoms with Crippen molar-refractivity contribution in [1.82, 2.24) is 14.8 Å². The van der Waals surface area contributed by atoms with Gasteiger partial charge in [-0.1, -0.05) is 23.8 Å². The van der Waals surface area contributed by atoms with Gasteiger partial charge >= 0.3 is 0 Å². The van der Waals surface area contributed by atoms with Crippen LogP contribution in [0.1, 0.15) is 11.1 Å². The SMILES string of the molecule is COc1ccc(Cn2ncc3cc(S(=O)(=O)c4ccc(C)cc4)ccc3c2=O)cn1. The standard InChI is InChI=1S/C22H19N3O4S/c1-15-3-6-18(7-4-15)30(27,28)19-8-9-20-17(11-19)13-24-25(22(20)26)14-16-5-10-21(29-2)23-12-16/h3-13H,14H2,1-2H3. The summed E-state index contributed by atoms with van der Waals surface area (Å²) in [6.07, 6.45) is 3.12. The Bertz CT molecular complexity index is 1380. The highest BCUT2D eigenvalue weighted by Gasteiger charge is 2.18. The first kappa shape index (κ1) is 19.8. The van der Waals surface area contributed by atoms with Crippen molar-refractivity contribution in [2.45, 2.75) is 23.3 Å². The molecule has 8 heteroatoms. The van der Waals surface area contributed by atoms with Gasteiger partial charge in [-0.25, -0.2) is 18.1 Å². The third-order valence-electron chi connectivity index (χ3n) is 4.80. The molecule has 152 valence electrons. The van der Waals surface area contributed by atoms with E-state index in [-0.39, 0.29) is 21.9 Å². The molecule has 0 aliphatic rings. The van der Waals surface area contributed by atoms with Crippen LogP contribution in [-0.4, -0.2) is 30.3 Å². The van der Waals surface area contributed by atoms with Gasteiger partial charge in [0, 0.05) is 17.6 Å². The summed E-state index contributed by atoms with van der Waals surface area (Å²) in [6.45, 7) is 2.14. The second-order valence-corrected chi connectivity index (χ2v) is 8.83. The van der Waals surface area contributed by atoms with Gasteiger partial charge in [-0.15, -0.1) is 0 Å². The normalized spacial score (nSPS) is 11.5. The molecular formula is C22H19N3O4S. The zero-order valence-corrected chi connectivity index (χ0v) is 17.3. The van der Waals surface area contributed by atoms with Gasteiger partial charge < -0.3 is 4.74 Å². The third-order valence-corrected chi connectivity index (χ3v) is 6.57. The molecule has 0 spiro atoms. The van der Waals surface area contributed by atoms with Crippen LogP contribution in [0, 0.1) is 6.92 Å². The molecule has 0 N–H and O–H groups in total. The number of aromatic nitrogens is 3. The van der Waals surface area contributed by atoms with E-state index in [9.17, 15) is 13.2 Å². The van der Waals surface area contributed by atoms with Crippen molar-refractivity contribution in [3.8, 4) is 5.88 Å².